The summed E-state index contributed by atoms with van der Waals surface area (Å²) in [6, 6.07) is 11.0. The number of unbranched alkanes of at least 4 members (excludes halogenated alkanes) is 3. The number of rotatable bonds is 11. The van der Waals surface area contributed by atoms with Gasteiger partial charge in [-0.15, -0.1) is 20.7 Å². The molecule has 0 fully saturated rings. The summed E-state index contributed by atoms with van der Waals surface area (Å²) >= 11 is 0. The molecule has 0 aliphatic rings. The zero-order valence-corrected chi connectivity index (χ0v) is 25.0. The number of benzene rings is 1. The van der Waals surface area contributed by atoms with E-state index in [0.717, 1.165) is 19.4 Å². The van der Waals surface area contributed by atoms with Gasteiger partial charge in [0, 0.05) is 12.2 Å². The zero-order chi connectivity index (χ0) is 24.3. The van der Waals surface area contributed by atoms with Gasteiger partial charge in [-0.3, -0.25) is 5.57 Å². The van der Waals surface area contributed by atoms with E-state index in [-0.39, 0.29) is 40.0 Å². The second-order valence-electron chi connectivity index (χ2n) is 9.62. The smallest absolute Gasteiger partial charge is 0.655 e. The Morgan fingerprint density at radius 1 is 0.875 bits per heavy atom. The van der Waals surface area contributed by atoms with Crippen LogP contribution in [-0.4, -0.2) is 37.0 Å². The summed E-state index contributed by atoms with van der Waals surface area (Å²) in [6.45, 7) is 19.4. The molecule has 0 spiro atoms. The molecule has 0 radical (unpaired) electrons. The van der Waals surface area contributed by atoms with Crippen molar-refractivity contribution in [3.05, 3.63) is 52.5 Å². The molecular formula is C27H51NO2SiTi. The van der Waals surface area contributed by atoms with Crippen LogP contribution < -0.4 is 0 Å². The molecule has 32 heavy (non-hydrogen) atoms. The van der Waals surface area contributed by atoms with Gasteiger partial charge in [0.05, 0.1) is 0 Å². The molecular weight excluding hydrogens is 446 g/mol. The predicted molar refractivity (Wildman–Crippen MR) is 141 cm³/mol. The van der Waals surface area contributed by atoms with Crippen LogP contribution in [0.5, 0.6) is 0 Å². The standard InChI is InChI=1S/C21H35NSi.2C3H8O.Ti/c1-6-8-9-11-16-20(18-23(3,4)5)21(22-17-7-2)19-14-12-10-13-15-19;2*1-3(2)4;/h10,12-15,21H,6-9,11,16-17H2,1-5H3;2*3-4H,1-2H3;/q-2;;;+2. The van der Waals surface area contributed by atoms with Gasteiger partial charge in [-0.25, -0.2) is 0 Å². The minimum atomic E-state index is -1.37. The van der Waals surface area contributed by atoms with Gasteiger partial charge in [-0.05, 0) is 27.7 Å². The monoisotopic (exact) mass is 497 g/mol. The average molecular weight is 498 g/mol. The average Bonchev–Trinajstić information content (AvgIpc) is 2.64. The van der Waals surface area contributed by atoms with Gasteiger partial charge in [0.25, 0.3) is 0 Å². The van der Waals surface area contributed by atoms with Gasteiger partial charge in [-0.2, -0.15) is 0 Å². The molecule has 0 amide bonds. The topological polar surface area (TPSA) is 54.6 Å². The van der Waals surface area contributed by atoms with Crippen molar-refractivity contribution in [1.82, 2.24) is 0 Å². The van der Waals surface area contributed by atoms with Crippen LogP contribution in [0.4, 0.5) is 0 Å². The fraction of sp³-hybridized carbons (Fsp3) is 0.704. The third-order valence-corrected chi connectivity index (χ3v) is 4.89. The molecule has 0 aliphatic carbocycles. The maximum Gasteiger partial charge on any atom is 2.00 e. The molecule has 0 saturated carbocycles. The molecule has 184 valence electrons. The molecule has 1 rings (SSSR count). The van der Waals surface area contributed by atoms with Crippen LogP contribution in [0.25, 0.3) is 5.32 Å². The first-order chi connectivity index (χ1) is 14.4. The van der Waals surface area contributed by atoms with Crippen molar-refractivity contribution < 1.29 is 31.9 Å². The van der Waals surface area contributed by atoms with Crippen molar-refractivity contribution in [3.8, 4) is 0 Å². The summed E-state index contributed by atoms with van der Waals surface area (Å²) in [5.74, 6) is 0. The van der Waals surface area contributed by atoms with Crippen LogP contribution >= 0.6 is 0 Å². The van der Waals surface area contributed by atoms with Crippen molar-refractivity contribution in [2.75, 3.05) is 6.54 Å². The second kappa shape index (κ2) is 22.6. The van der Waals surface area contributed by atoms with Crippen molar-refractivity contribution >= 4 is 8.07 Å². The molecule has 1 aromatic carbocycles. The third kappa shape index (κ3) is 26.0. The van der Waals surface area contributed by atoms with Crippen LogP contribution in [0, 0.1) is 5.70 Å². The number of hydrogen-bond donors (Lipinski definition) is 2. The molecule has 2 N–H and O–H groups in total. The van der Waals surface area contributed by atoms with Gasteiger partial charge >= 0.3 is 21.7 Å². The van der Waals surface area contributed by atoms with Crippen LogP contribution in [-0.2, 0) is 21.7 Å². The molecule has 1 atom stereocenters. The van der Waals surface area contributed by atoms with E-state index in [1.54, 1.807) is 27.7 Å². The Morgan fingerprint density at radius 2 is 1.38 bits per heavy atom. The van der Waals surface area contributed by atoms with E-state index in [9.17, 15) is 0 Å². The first kappa shape index (κ1) is 36.3. The number of hydrogen-bond acceptors (Lipinski definition) is 2. The summed E-state index contributed by atoms with van der Waals surface area (Å²) in [7, 11) is -1.37. The third-order valence-electron chi connectivity index (χ3n) is 3.82. The molecule has 0 bridgehead atoms. The molecule has 1 unspecified atom stereocenters. The predicted octanol–water partition coefficient (Wildman–Crippen LogP) is 7.86. The minimum absolute atomic E-state index is 0. The summed E-state index contributed by atoms with van der Waals surface area (Å²) in [4.78, 5) is 0. The van der Waals surface area contributed by atoms with Gasteiger partial charge in [0.2, 0.25) is 0 Å². The van der Waals surface area contributed by atoms with E-state index < -0.39 is 8.07 Å². The summed E-state index contributed by atoms with van der Waals surface area (Å²) in [5.41, 5.74) is 6.68. The minimum Gasteiger partial charge on any atom is -0.655 e. The largest absolute Gasteiger partial charge is 2.00 e. The molecule has 0 aliphatic heterocycles. The molecule has 3 nitrogen and oxygen atoms in total. The van der Waals surface area contributed by atoms with E-state index in [0.29, 0.717) is 0 Å². The second-order valence-corrected chi connectivity index (χ2v) is 14.4. The van der Waals surface area contributed by atoms with E-state index >= 15 is 0 Å². The summed E-state index contributed by atoms with van der Waals surface area (Å²) < 4.78 is 0. The van der Waals surface area contributed by atoms with E-state index in [2.05, 4.69) is 69.5 Å². The molecule has 0 heterocycles. The Balaban J connectivity index is -0.000000803. The van der Waals surface area contributed by atoms with E-state index in [1.165, 1.54) is 36.8 Å². The maximum absolute atomic E-state index is 8.06. The van der Waals surface area contributed by atoms with Crippen LogP contribution in [0.15, 0.2) is 35.9 Å². The van der Waals surface area contributed by atoms with Gasteiger partial charge in [0.1, 0.15) is 0 Å². The van der Waals surface area contributed by atoms with Crippen molar-refractivity contribution in [3.63, 3.8) is 0 Å². The van der Waals surface area contributed by atoms with Crippen molar-refractivity contribution in [2.45, 2.75) is 118 Å². The normalized spacial score (nSPS) is 12.3. The van der Waals surface area contributed by atoms with Crippen molar-refractivity contribution in [2.24, 2.45) is 0 Å². The SMILES string of the molecule is CC(C)O.CC(C)O.CCCCCCC(=[C-][Si](C)(C)C)C([N-]CCC)c1ccccc1.[Ti+2]. The molecule has 5 heteroatoms. The Hall–Kier alpha value is -0.229. The van der Waals surface area contributed by atoms with E-state index in [1.807, 2.05) is 0 Å². The fourth-order valence-electron chi connectivity index (χ4n) is 2.80. The number of nitrogens with zero attached hydrogens (tertiary/aromatic N) is 1. The van der Waals surface area contributed by atoms with Gasteiger partial charge in [0.15, 0.2) is 0 Å². The molecule has 1 aromatic rings. The maximum atomic E-state index is 8.06. The molecule has 0 saturated heterocycles. The first-order valence-electron chi connectivity index (χ1n) is 12.2. The first-order valence-corrected chi connectivity index (χ1v) is 15.7. The number of aliphatic hydroxyl groups excluding tert-OH is 2. The van der Waals surface area contributed by atoms with Crippen molar-refractivity contribution in [1.29, 1.82) is 0 Å². The zero-order valence-electron chi connectivity index (χ0n) is 22.4. The Kier molecular flexibility index (Phi) is 25.6. The van der Waals surface area contributed by atoms with Crippen LogP contribution in [0.1, 0.15) is 91.7 Å². The van der Waals surface area contributed by atoms with Gasteiger partial charge in [-0.1, -0.05) is 108 Å². The fourth-order valence-corrected chi connectivity index (χ4v) is 4.03. The summed E-state index contributed by atoms with van der Waals surface area (Å²) in [5, 5.41) is 21.1. The van der Waals surface area contributed by atoms with Crippen LogP contribution in [0.2, 0.25) is 19.6 Å². The Bertz CT molecular complexity index is 531. The Labute approximate surface area is 216 Å². The quantitative estimate of drug-likeness (QED) is 0.186. The molecule has 0 aromatic heterocycles. The van der Waals surface area contributed by atoms with Gasteiger partial charge < -0.3 is 21.2 Å². The number of aliphatic hydroxyl groups is 2. The summed E-state index contributed by atoms with van der Waals surface area (Å²) in [6.07, 6.45) is 7.15. The van der Waals surface area contributed by atoms with Crippen LogP contribution in [0.3, 0.4) is 0 Å². The Morgan fingerprint density at radius 3 is 1.78 bits per heavy atom. The van der Waals surface area contributed by atoms with E-state index in [4.69, 9.17) is 15.5 Å².